The van der Waals surface area contributed by atoms with E-state index in [1.54, 1.807) is 6.20 Å². The zero-order chi connectivity index (χ0) is 16.8. The van der Waals surface area contributed by atoms with E-state index in [2.05, 4.69) is 45.9 Å². The zero-order valence-electron chi connectivity index (χ0n) is 14.2. The van der Waals surface area contributed by atoms with Crippen molar-refractivity contribution in [2.24, 2.45) is 0 Å². The first-order valence-corrected chi connectivity index (χ1v) is 9.12. The first kappa shape index (κ1) is 16.9. The molecule has 3 rings (SSSR count). The molecule has 4 heteroatoms. The monoisotopic (exact) mass is 339 g/mol. The molecule has 0 bridgehead atoms. The lowest BCUT2D eigenvalue weighted by Crippen LogP contribution is -2.48. The smallest absolute Gasteiger partial charge is 0.172 e. The maximum absolute atomic E-state index is 5.57. The molecule has 126 valence electrons. The molecule has 0 unspecified atom stereocenters. The third kappa shape index (κ3) is 4.32. The number of aryl methyl sites for hydroxylation is 2. The first-order chi connectivity index (χ1) is 11.7. The number of benzene rings is 1. The van der Waals surface area contributed by atoms with Gasteiger partial charge in [0.1, 0.15) is 5.82 Å². The Labute approximate surface area is 149 Å². The number of hydrogen-bond acceptors (Lipinski definition) is 2. The molecule has 3 nitrogen and oxygen atoms in total. The number of aromatic nitrogens is 1. The molecular weight excluding hydrogens is 314 g/mol. The number of thiocarbonyl (C=S) groups is 1. The van der Waals surface area contributed by atoms with Crippen LogP contribution in [0.2, 0.25) is 0 Å². The van der Waals surface area contributed by atoms with Crippen LogP contribution in [0.5, 0.6) is 0 Å². The van der Waals surface area contributed by atoms with Crippen LogP contribution in [0.25, 0.3) is 0 Å². The van der Waals surface area contributed by atoms with Crippen molar-refractivity contribution < 1.29 is 0 Å². The minimum absolute atomic E-state index is 0.114. The van der Waals surface area contributed by atoms with Crippen LogP contribution >= 0.6 is 12.2 Å². The molecule has 0 saturated heterocycles. The summed E-state index contributed by atoms with van der Waals surface area (Å²) in [6.45, 7) is 2.04. The molecule has 2 aromatic rings. The molecule has 1 aromatic heterocycles. The molecule has 1 saturated carbocycles. The minimum atomic E-state index is 0.114. The van der Waals surface area contributed by atoms with Gasteiger partial charge in [0.05, 0.1) is 0 Å². The fourth-order valence-electron chi connectivity index (χ4n) is 3.51. The predicted octanol–water partition coefficient (Wildman–Crippen LogP) is 4.62. The normalized spacial score (nSPS) is 15.9. The van der Waals surface area contributed by atoms with Gasteiger partial charge in [-0.3, -0.25) is 0 Å². The van der Waals surface area contributed by atoms with Crippen LogP contribution < -0.4 is 10.6 Å². The molecule has 2 N–H and O–H groups in total. The molecular formula is C20H25N3S. The summed E-state index contributed by atoms with van der Waals surface area (Å²) in [6, 6.07) is 14.7. The Bertz CT molecular complexity index is 678. The molecule has 0 aliphatic heterocycles. The van der Waals surface area contributed by atoms with E-state index in [1.807, 2.05) is 19.1 Å². The second-order valence-electron chi connectivity index (χ2n) is 6.72. The van der Waals surface area contributed by atoms with Gasteiger partial charge in [0.25, 0.3) is 0 Å². The van der Waals surface area contributed by atoms with Crippen molar-refractivity contribution in [3.8, 4) is 0 Å². The highest BCUT2D eigenvalue weighted by Crippen LogP contribution is 2.33. The summed E-state index contributed by atoms with van der Waals surface area (Å²) in [5.41, 5.74) is 2.61. The number of rotatable bonds is 5. The largest absolute Gasteiger partial charge is 0.357 e. The number of pyridine rings is 1. The third-order valence-corrected chi connectivity index (χ3v) is 5.12. The van der Waals surface area contributed by atoms with Gasteiger partial charge in [-0.05, 0) is 62.0 Å². The predicted molar refractivity (Wildman–Crippen MR) is 104 cm³/mol. The molecule has 1 aliphatic rings. The van der Waals surface area contributed by atoms with E-state index in [-0.39, 0.29) is 5.54 Å². The minimum Gasteiger partial charge on any atom is -0.357 e. The highest BCUT2D eigenvalue weighted by atomic mass is 32.1. The van der Waals surface area contributed by atoms with Crippen molar-refractivity contribution in [2.75, 3.05) is 5.32 Å². The summed E-state index contributed by atoms with van der Waals surface area (Å²) >= 11 is 5.57. The Balaban J connectivity index is 1.63. The van der Waals surface area contributed by atoms with Crippen molar-refractivity contribution >= 4 is 23.1 Å². The third-order valence-electron chi connectivity index (χ3n) is 4.92. The Kier molecular flexibility index (Phi) is 5.46. The molecule has 0 spiro atoms. The van der Waals surface area contributed by atoms with Gasteiger partial charge in [-0.2, -0.15) is 0 Å². The van der Waals surface area contributed by atoms with E-state index < -0.39 is 0 Å². The van der Waals surface area contributed by atoms with E-state index >= 15 is 0 Å². The molecule has 1 aliphatic carbocycles. The van der Waals surface area contributed by atoms with E-state index in [0.29, 0.717) is 5.11 Å². The molecule has 1 fully saturated rings. The van der Waals surface area contributed by atoms with Crippen LogP contribution in [0.4, 0.5) is 5.82 Å². The average molecular weight is 340 g/mol. The van der Waals surface area contributed by atoms with Gasteiger partial charge in [-0.25, -0.2) is 4.98 Å². The summed E-state index contributed by atoms with van der Waals surface area (Å²) in [4.78, 5) is 4.37. The fraction of sp³-hybridized carbons (Fsp3) is 0.400. The zero-order valence-corrected chi connectivity index (χ0v) is 15.0. The Morgan fingerprint density at radius 3 is 2.58 bits per heavy atom. The highest BCUT2D eigenvalue weighted by Gasteiger charge is 2.34. The summed E-state index contributed by atoms with van der Waals surface area (Å²) in [5.74, 6) is 0.839. The summed E-state index contributed by atoms with van der Waals surface area (Å²) in [5, 5.41) is 7.57. The van der Waals surface area contributed by atoms with Crippen molar-refractivity contribution in [3.63, 3.8) is 0 Å². The Morgan fingerprint density at radius 2 is 1.88 bits per heavy atom. The summed E-state index contributed by atoms with van der Waals surface area (Å²) in [6.07, 6.45) is 8.89. The highest BCUT2D eigenvalue weighted by molar-refractivity contribution is 7.80. The molecule has 1 aromatic carbocycles. The van der Waals surface area contributed by atoms with Crippen LogP contribution in [-0.2, 0) is 6.42 Å². The number of nitrogens with zero attached hydrogens (tertiary/aromatic N) is 1. The number of nitrogens with one attached hydrogen (secondary N) is 2. The summed E-state index contributed by atoms with van der Waals surface area (Å²) in [7, 11) is 0. The van der Waals surface area contributed by atoms with E-state index in [4.69, 9.17) is 12.2 Å². The van der Waals surface area contributed by atoms with Gasteiger partial charge >= 0.3 is 0 Å². The van der Waals surface area contributed by atoms with Gasteiger partial charge in [0, 0.05) is 11.7 Å². The van der Waals surface area contributed by atoms with Gasteiger partial charge in [0.15, 0.2) is 5.11 Å². The molecule has 1 heterocycles. The Hall–Kier alpha value is -1.94. The van der Waals surface area contributed by atoms with E-state index in [0.717, 1.165) is 24.2 Å². The van der Waals surface area contributed by atoms with Gasteiger partial charge < -0.3 is 10.6 Å². The van der Waals surface area contributed by atoms with Gasteiger partial charge in [-0.1, -0.05) is 49.2 Å². The van der Waals surface area contributed by atoms with Crippen LogP contribution in [0.15, 0.2) is 48.7 Å². The summed E-state index contributed by atoms with van der Waals surface area (Å²) < 4.78 is 0. The molecule has 0 atom stereocenters. The quantitative estimate of drug-likeness (QED) is 0.779. The van der Waals surface area contributed by atoms with Crippen LogP contribution in [0, 0.1) is 6.92 Å². The van der Waals surface area contributed by atoms with Crippen molar-refractivity contribution in [1.29, 1.82) is 0 Å². The number of anilines is 1. The maximum atomic E-state index is 5.57. The molecule has 24 heavy (non-hydrogen) atoms. The van der Waals surface area contributed by atoms with E-state index in [9.17, 15) is 0 Å². The van der Waals surface area contributed by atoms with Crippen molar-refractivity contribution in [3.05, 3.63) is 59.8 Å². The SMILES string of the molecule is Cc1cccnc1NC(=S)NC1(CCc2ccccc2)CCCC1. The van der Waals surface area contributed by atoms with Crippen LogP contribution in [0.3, 0.4) is 0 Å². The Morgan fingerprint density at radius 1 is 1.12 bits per heavy atom. The van der Waals surface area contributed by atoms with Gasteiger partial charge in [-0.15, -0.1) is 0 Å². The number of hydrogen-bond donors (Lipinski definition) is 2. The lowest BCUT2D eigenvalue weighted by molar-refractivity contribution is 0.362. The topological polar surface area (TPSA) is 37.0 Å². The van der Waals surface area contributed by atoms with E-state index in [1.165, 1.54) is 31.2 Å². The standard InChI is InChI=1S/C20H25N3S/c1-16-8-7-15-21-18(16)22-19(24)23-20(12-5-6-13-20)14-11-17-9-3-2-4-10-17/h2-4,7-10,15H,5-6,11-14H2,1H3,(H2,21,22,23,24). The van der Waals surface area contributed by atoms with Gasteiger partial charge in [0.2, 0.25) is 0 Å². The first-order valence-electron chi connectivity index (χ1n) is 8.72. The van der Waals surface area contributed by atoms with Crippen molar-refractivity contribution in [2.45, 2.75) is 51.0 Å². The molecule has 0 radical (unpaired) electrons. The average Bonchev–Trinajstić information content (AvgIpc) is 3.05. The fourth-order valence-corrected chi connectivity index (χ4v) is 3.83. The lowest BCUT2D eigenvalue weighted by Gasteiger charge is -2.32. The second-order valence-corrected chi connectivity index (χ2v) is 7.13. The molecule has 0 amide bonds. The maximum Gasteiger partial charge on any atom is 0.172 e. The van der Waals surface area contributed by atoms with Crippen LogP contribution in [0.1, 0.15) is 43.2 Å². The lowest BCUT2D eigenvalue weighted by atomic mass is 9.89. The second kappa shape index (κ2) is 7.75. The van der Waals surface area contributed by atoms with Crippen molar-refractivity contribution in [1.82, 2.24) is 10.3 Å². The van der Waals surface area contributed by atoms with Crippen LogP contribution in [-0.4, -0.2) is 15.6 Å².